The first-order valence-corrected chi connectivity index (χ1v) is 7.49. The van der Waals surface area contributed by atoms with E-state index in [1.165, 1.54) is 0 Å². The fourth-order valence-corrected chi connectivity index (χ4v) is 2.54. The third-order valence-corrected chi connectivity index (χ3v) is 3.73. The van der Waals surface area contributed by atoms with Crippen molar-refractivity contribution in [2.24, 2.45) is 0 Å². The topological polar surface area (TPSA) is 59.8 Å². The van der Waals surface area contributed by atoms with Crippen molar-refractivity contribution in [2.45, 2.75) is 39.7 Å². The first-order valence-electron chi connectivity index (χ1n) is 6.61. The van der Waals surface area contributed by atoms with Crippen LogP contribution in [-0.2, 0) is 12.0 Å². The van der Waals surface area contributed by atoms with Crippen molar-refractivity contribution in [3.8, 4) is 0 Å². The normalized spacial score (nSPS) is 11.6. The van der Waals surface area contributed by atoms with Gasteiger partial charge in [0.1, 0.15) is 0 Å². The number of hydrogen-bond acceptors (Lipinski definition) is 5. The minimum atomic E-state index is -0.248. The Morgan fingerprint density at radius 3 is 2.75 bits per heavy atom. The zero-order valence-electron chi connectivity index (χ0n) is 12.3. The third kappa shape index (κ3) is 3.45. The summed E-state index contributed by atoms with van der Waals surface area (Å²) in [7, 11) is 0. The van der Waals surface area contributed by atoms with Crippen molar-refractivity contribution in [1.29, 1.82) is 0 Å². The Kier molecular flexibility index (Phi) is 4.23. The Labute approximate surface area is 122 Å². The maximum atomic E-state index is 12.3. The van der Waals surface area contributed by atoms with Crippen LogP contribution < -0.4 is 10.9 Å². The molecule has 0 amide bonds. The van der Waals surface area contributed by atoms with E-state index in [1.54, 1.807) is 28.3 Å². The van der Waals surface area contributed by atoms with Gasteiger partial charge in [-0.25, -0.2) is 9.97 Å². The number of nitrogens with one attached hydrogen (secondary N) is 1. The molecule has 108 valence electrons. The average Bonchev–Trinajstić information content (AvgIpc) is 2.76. The summed E-state index contributed by atoms with van der Waals surface area (Å²) in [5.41, 5.74) is 0.712. The molecule has 0 aliphatic rings. The maximum Gasteiger partial charge on any atom is 0.293 e. The van der Waals surface area contributed by atoms with Gasteiger partial charge < -0.3 is 9.88 Å². The van der Waals surface area contributed by atoms with Gasteiger partial charge in [0, 0.05) is 36.3 Å². The van der Waals surface area contributed by atoms with Crippen LogP contribution >= 0.6 is 11.3 Å². The first kappa shape index (κ1) is 14.7. The van der Waals surface area contributed by atoms with Gasteiger partial charge >= 0.3 is 0 Å². The largest absolute Gasteiger partial charge is 0.365 e. The van der Waals surface area contributed by atoms with Crippen LogP contribution in [0.4, 0.5) is 5.82 Å². The summed E-state index contributed by atoms with van der Waals surface area (Å²) >= 11 is 1.64. The van der Waals surface area contributed by atoms with Gasteiger partial charge in [0.25, 0.3) is 5.56 Å². The Bertz CT molecular complexity index is 639. The lowest BCUT2D eigenvalue weighted by Crippen LogP contribution is -2.35. The summed E-state index contributed by atoms with van der Waals surface area (Å²) in [4.78, 5) is 20.8. The van der Waals surface area contributed by atoms with E-state index in [0.717, 1.165) is 17.1 Å². The molecule has 2 rings (SSSR count). The molecular formula is C14H20N4OS. The Balaban J connectivity index is 2.05. The zero-order valence-corrected chi connectivity index (χ0v) is 13.1. The van der Waals surface area contributed by atoms with Crippen LogP contribution in [-0.4, -0.2) is 21.1 Å². The van der Waals surface area contributed by atoms with E-state index in [2.05, 4.69) is 15.3 Å². The molecule has 1 N–H and O–H groups in total. The lowest BCUT2D eigenvalue weighted by atomic mass is 10.1. The van der Waals surface area contributed by atoms with Gasteiger partial charge in [-0.2, -0.15) is 0 Å². The van der Waals surface area contributed by atoms with Gasteiger partial charge in [-0.1, -0.05) is 0 Å². The smallest absolute Gasteiger partial charge is 0.293 e. The number of anilines is 1. The molecule has 0 aliphatic carbocycles. The monoisotopic (exact) mass is 292 g/mol. The van der Waals surface area contributed by atoms with E-state index in [-0.39, 0.29) is 11.1 Å². The summed E-state index contributed by atoms with van der Waals surface area (Å²) in [6.07, 6.45) is 4.16. The van der Waals surface area contributed by atoms with Gasteiger partial charge in [0.15, 0.2) is 5.82 Å². The fourth-order valence-electron chi connectivity index (χ4n) is 1.89. The molecule has 5 nitrogen and oxygen atoms in total. The number of thiazole rings is 1. The van der Waals surface area contributed by atoms with Crippen LogP contribution in [0.1, 0.15) is 31.5 Å². The van der Waals surface area contributed by atoms with Crippen molar-refractivity contribution < 1.29 is 0 Å². The predicted octanol–water partition coefficient (Wildman–Crippen LogP) is 2.42. The van der Waals surface area contributed by atoms with Crippen LogP contribution in [0.5, 0.6) is 0 Å². The van der Waals surface area contributed by atoms with Crippen LogP contribution in [0.15, 0.2) is 22.6 Å². The molecule has 0 aromatic carbocycles. The number of nitrogens with zero attached hydrogens (tertiary/aromatic N) is 3. The van der Waals surface area contributed by atoms with Gasteiger partial charge in [-0.05, 0) is 27.7 Å². The van der Waals surface area contributed by atoms with Crippen molar-refractivity contribution in [1.82, 2.24) is 14.5 Å². The minimum Gasteiger partial charge on any atom is -0.365 e. The second-order valence-corrected chi connectivity index (χ2v) is 6.72. The molecule has 2 aromatic rings. The molecule has 0 bridgehead atoms. The molecule has 0 fully saturated rings. The second kappa shape index (κ2) is 5.75. The fraction of sp³-hybridized carbons (Fsp3) is 0.500. The molecule has 0 unspecified atom stereocenters. The summed E-state index contributed by atoms with van der Waals surface area (Å²) in [6.45, 7) is 8.63. The highest BCUT2D eigenvalue weighted by Gasteiger charge is 2.16. The maximum absolute atomic E-state index is 12.3. The van der Waals surface area contributed by atoms with Gasteiger partial charge in [0.05, 0.1) is 10.7 Å². The van der Waals surface area contributed by atoms with Crippen LogP contribution in [0.2, 0.25) is 0 Å². The number of aryl methyl sites for hydroxylation is 1. The summed E-state index contributed by atoms with van der Waals surface area (Å²) in [5, 5.41) is 6.21. The molecule has 0 spiro atoms. The summed E-state index contributed by atoms with van der Waals surface area (Å²) < 4.78 is 1.69. The van der Waals surface area contributed by atoms with Crippen molar-refractivity contribution >= 4 is 17.2 Å². The van der Waals surface area contributed by atoms with E-state index >= 15 is 0 Å². The highest BCUT2D eigenvalue weighted by Crippen LogP contribution is 2.11. The third-order valence-electron chi connectivity index (χ3n) is 2.90. The molecule has 0 aliphatic heterocycles. The quantitative estimate of drug-likeness (QED) is 0.940. The molecule has 0 atom stereocenters. The summed E-state index contributed by atoms with van der Waals surface area (Å²) in [6, 6.07) is 0. The first-order chi connectivity index (χ1) is 9.38. The highest BCUT2D eigenvalue weighted by molar-refractivity contribution is 7.09. The van der Waals surface area contributed by atoms with E-state index in [9.17, 15) is 4.79 Å². The van der Waals surface area contributed by atoms with Gasteiger partial charge in [-0.3, -0.25) is 4.79 Å². The lowest BCUT2D eigenvalue weighted by molar-refractivity contribution is 0.383. The Hall–Kier alpha value is -1.69. The van der Waals surface area contributed by atoms with Crippen molar-refractivity contribution in [3.63, 3.8) is 0 Å². The van der Waals surface area contributed by atoms with Gasteiger partial charge in [-0.15, -0.1) is 11.3 Å². The molecular weight excluding hydrogens is 272 g/mol. The molecule has 0 saturated carbocycles. The molecule has 2 heterocycles. The van der Waals surface area contributed by atoms with Crippen molar-refractivity contribution in [3.05, 3.63) is 38.8 Å². The summed E-state index contributed by atoms with van der Waals surface area (Å²) in [5.74, 6) is 0.398. The van der Waals surface area contributed by atoms with Gasteiger partial charge in [0.2, 0.25) is 0 Å². The van der Waals surface area contributed by atoms with Crippen LogP contribution in [0, 0.1) is 6.92 Å². The lowest BCUT2D eigenvalue weighted by Gasteiger charge is -2.22. The molecule has 2 aromatic heterocycles. The predicted molar refractivity (Wildman–Crippen MR) is 82.5 cm³/mol. The second-order valence-electron chi connectivity index (χ2n) is 5.66. The van der Waals surface area contributed by atoms with E-state index in [4.69, 9.17) is 0 Å². The van der Waals surface area contributed by atoms with E-state index < -0.39 is 0 Å². The van der Waals surface area contributed by atoms with E-state index in [0.29, 0.717) is 12.4 Å². The minimum absolute atomic E-state index is 0.0885. The Morgan fingerprint density at radius 2 is 2.15 bits per heavy atom. The molecule has 6 heteroatoms. The standard InChI is InChI=1S/C14H20N4OS/c1-10-17-11(9-20-10)5-6-15-12-13(19)18(8-7-16-12)14(2,3)4/h7-9H,5-6H2,1-4H3,(H,15,16). The van der Waals surface area contributed by atoms with E-state index in [1.807, 2.05) is 33.1 Å². The van der Waals surface area contributed by atoms with Crippen LogP contribution in [0.3, 0.4) is 0 Å². The molecule has 20 heavy (non-hydrogen) atoms. The highest BCUT2D eigenvalue weighted by atomic mass is 32.1. The molecule has 0 radical (unpaired) electrons. The number of hydrogen-bond donors (Lipinski definition) is 1. The Morgan fingerprint density at radius 1 is 1.40 bits per heavy atom. The number of rotatable bonds is 4. The SMILES string of the molecule is Cc1nc(CCNc2nccn(C(C)(C)C)c2=O)cs1. The zero-order chi connectivity index (χ0) is 14.8. The van der Waals surface area contributed by atoms with Crippen molar-refractivity contribution in [2.75, 3.05) is 11.9 Å². The average molecular weight is 292 g/mol. The number of aromatic nitrogens is 3. The molecule has 0 saturated heterocycles. The van der Waals surface area contributed by atoms with Crippen LogP contribution in [0.25, 0.3) is 0 Å².